The number of pyridine rings is 1. The van der Waals surface area contributed by atoms with Crippen LogP contribution < -0.4 is 10.1 Å². The van der Waals surface area contributed by atoms with E-state index in [1.165, 1.54) is 7.11 Å². The summed E-state index contributed by atoms with van der Waals surface area (Å²) < 4.78 is 10.4. The van der Waals surface area contributed by atoms with Gasteiger partial charge in [-0.1, -0.05) is 5.16 Å². The van der Waals surface area contributed by atoms with Gasteiger partial charge in [0.2, 0.25) is 11.8 Å². The lowest BCUT2D eigenvalue weighted by molar-refractivity contribution is 0.187. The molecular weight excluding hydrogens is 310 g/mol. The largest absolute Gasteiger partial charge is 0.480 e. The SMILES string of the molecule is COc1ncc(C)cc1NC(=O)N1CCC(c2nc(C)no2)CC1. The number of likely N-dealkylation sites (tertiary alicyclic amines) is 1. The van der Waals surface area contributed by atoms with Crippen LogP contribution in [0.4, 0.5) is 10.5 Å². The number of piperidine rings is 1. The number of carbonyl (C=O) groups excluding carboxylic acids is 1. The van der Waals surface area contributed by atoms with Crippen molar-refractivity contribution in [1.82, 2.24) is 20.0 Å². The van der Waals surface area contributed by atoms with Gasteiger partial charge in [0.15, 0.2) is 5.82 Å². The van der Waals surface area contributed by atoms with E-state index in [-0.39, 0.29) is 11.9 Å². The quantitative estimate of drug-likeness (QED) is 0.929. The highest BCUT2D eigenvalue weighted by molar-refractivity contribution is 5.90. The van der Waals surface area contributed by atoms with E-state index >= 15 is 0 Å². The van der Waals surface area contributed by atoms with Gasteiger partial charge in [0.1, 0.15) is 5.69 Å². The highest BCUT2D eigenvalue weighted by Gasteiger charge is 2.27. The molecule has 8 heteroatoms. The topological polar surface area (TPSA) is 93.4 Å². The molecule has 0 aliphatic carbocycles. The first-order chi connectivity index (χ1) is 11.6. The van der Waals surface area contributed by atoms with Crippen molar-refractivity contribution in [1.29, 1.82) is 0 Å². The maximum absolute atomic E-state index is 12.5. The predicted octanol–water partition coefficient (Wildman–Crippen LogP) is 2.50. The Balaban J connectivity index is 1.60. The Kier molecular flexibility index (Phi) is 4.64. The number of nitrogens with zero attached hydrogens (tertiary/aromatic N) is 4. The average Bonchev–Trinajstić information content (AvgIpc) is 3.02. The number of ether oxygens (including phenoxy) is 1. The fraction of sp³-hybridized carbons (Fsp3) is 0.500. The van der Waals surface area contributed by atoms with Crippen molar-refractivity contribution in [2.45, 2.75) is 32.6 Å². The van der Waals surface area contributed by atoms with Crippen molar-refractivity contribution in [3.8, 4) is 5.88 Å². The minimum Gasteiger partial charge on any atom is -0.480 e. The van der Waals surface area contributed by atoms with E-state index in [4.69, 9.17) is 9.26 Å². The molecule has 0 atom stereocenters. The van der Waals surface area contributed by atoms with Crippen molar-refractivity contribution >= 4 is 11.7 Å². The molecule has 0 aromatic carbocycles. The van der Waals surface area contributed by atoms with Crippen LogP contribution in [0.2, 0.25) is 0 Å². The van der Waals surface area contributed by atoms with E-state index < -0.39 is 0 Å². The maximum Gasteiger partial charge on any atom is 0.321 e. The van der Waals surface area contributed by atoms with Crippen molar-refractivity contribution in [3.05, 3.63) is 29.5 Å². The molecule has 0 spiro atoms. The lowest BCUT2D eigenvalue weighted by Crippen LogP contribution is -2.40. The monoisotopic (exact) mass is 331 g/mol. The Morgan fingerprint density at radius 2 is 2.12 bits per heavy atom. The number of urea groups is 1. The lowest BCUT2D eigenvalue weighted by atomic mass is 9.97. The van der Waals surface area contributed by atoms with Crippen LogP contribution in [0.1, 0.15) is 36.0 Å². The molecule has 2 aromatic heterocycles. The van der Waals surface area contributed by atoms with Crippen LogP contribution in [0, 0.1) is 13.8 Å². The summed E-state index contributed by atoms with van der Waals surface area (Å²) in [5.41, 5.74) is 1.54. The summed E-state index contributed by atoms with van der Waals surface area (Å²) in [4.78, 5) is 22.7. The highest BCUT2D eigenvalue weighted by Crippen LogP contribution is 2.28. The number of hydrogen-bond acceptors (Lipinski definition) is 6. The molecule has 2 amide bonds. The fourth-order valence-electron chi connectivity index (χ4n) is 2.81. The van der Waals surface area contributed by atoms with Crippen molar-refractivity contribution < 1.29 is 14.1 Å². The third-order valence-electron chi connectivity index (χ3n) is 4.10. The Hall–Kier alpha value is -2.64. The number of aryl methyl sites for hydroxylation is 2. The van der Waals surface area contributed by atoms with Gasteiger partial charge < -0.3 is 19.5 Å². The van der Waals surface area contributed by atoms with Gasteiger partial charge >= 0.3 is 6.03 Å². The third kappa shape index (κ3) is 3.47. The number of rotatable bonds is 3. The van der Waals surface area contributed by atoms with Gasteiger partial charge in [-0.2, -0.15) is 4.98 Å². The summed E-state index contributed by atoms with van der Waals surface area (Å²) in [5, 5.41) is 6.71. The molecule has 3 heterocycles. The van der Waals surface area contributed by atoms with Crippen LogP contribution in [0.15, 0.2) is 16.8 Å². The molecule has 1 aliphatic rings. The predicted molar refractivity (Wildman–Crippen MR) is 87.1 cm³/mol. The Morgan fingerprint density at radius 3 is 2.75 bits per heavy atom. The molecule has 0 bridgehead atoms. The normalized spacial score (nSPS) is 15.4. The molecule has 8 nitrogen and oxygen atoms in total. The highest BCUT2D eigenvalue weighted by atomic mass is 16.5. The molecule has 1 aliphatic heterocycles. The number of anilines is 1. The maximum atomic E-state index is 12.5. The Bertz CT molecular complexity index is 722. The smallest absolute Gasteiger partial charge is 0.321 e. The minimum atomic E-state index is -0.152. The van der Waals surface area contributed by atoms with Crippen LogP contribution in [-0.2, 0) is 0 Å². The van der Waals surface area contributed by atoms with E-state index in [1.54, 1.807) is 18.0 Å². The average molecular weight is 331 g/mol. The van der Waals surface area contributed by atoms with Crippen LogP contribution in [-0.4, -0.2) is 46.3 Å². The summed E-state index contributed by atoms with van der Waals surface area (Å²) >= 11 is 0. The fourth-order valence-corrected chi connectivity index (χ4v) is 2.81. The van der Waals surface area contributed by atoms with Crippen molar-refractivity contribution in [2.75, 3.05) is 25.5 Å². The van der Waals surface area contributed by atoms with Crippen LogP contribution in [0.3, 0.4) is 0 Å². The van der Waals surface area contributed by atoms with E-state index in [0.29, 0.717) is 36.4 Å². The zero-order valence-corrected chi connectivity index (χ0v) is 14.1. The number of methoxy groups -OCH3 is 1. The van der Waals surface area contributed by atoms with Gasteiger partial charge in [0.25, 0.3) is 0 Å². The summed E-state index contributed by atoms with van der Waals surface area (Å²) in [7, 11) is 1.53. The van der Waals surface area contributed by atoms with Gasteiger partial charge in [-0.15, -0.1) is 0 Å². The minimum absolute atomic E-state index is 0.152. The molecule has 0 radical (unpaired) electrons. The summed E-state index contributed by atoms with van der Waals surface area (Å²) in [6.45, 7) is 5.00. The summed E-state index contributed by atoms with van der Waals surface area (Å²) in [5.74, 6) is 1.93. The zero-order valence-electron chi connectivity index (χ0n) is 14.1. The number of nitrogens with one attached hydrogen (secondary N) is 1. The molecular formula is C16H21N5O3. The molecule has 0 saturated carbocycles. The van der Waals surface area contributed by atoms with Gasteiger partial charge in [0, 0.05) is 25.2 Å². The number of amides is 2. The van der Waals surface area contributed by atoms with E-state index in [9.17, 15) is 4.79 Å². The summed E-state index contributed by atoms with van der Waals surface area (Å²) in [6.07, 6.45) is 3.31. The van der Waals surface area contributed by atoms with Crippen LogP contribution in [0.5, 0.6) is 5.88 Å². The van der Waals surface area contributed by atoms with Gasteiger partial charge in [-0.3, -0.25) is 0 Å². The van der Waals surface area contributed by atoms with Crippen LogP contribution >= 0.6 is 0 Å². The number of carbonyl (C=O) groups is 1. The van der Waals surface area contributed by atoms with Crippen molar-refractivity contribution in [3.63, 3.8) is 0 Å². The zero-order chi connectivity index (χ0) is 17.1. The standard InChI is InChI=1S/C16H21N5O3/c1-10-8-13(15(23-3)17-9-10)19-16(22)21-6-4-12(5-7-21)14-18-11(2)20-24-14/h8-9,12H,4-7H2,1-3H3,(H,19,22). The molecule has 2 aromatic rings. The second-order valence-corrected chi connectivity index (χ2v) is 5.94. The number of aromatic nitrogens is 3. The second kappa shape index (κ2) is 6.86. The van der Waals surface area contributed by atoms with Crippen LogP contribution in [0.25, 0.3) is 0 Å². The van der Waals surface area contributed by atoms with E-state index in [0.717, 1.165) is 18.4 Å². The summed E-state index contributed by atoms with van der Waals surface area (Å²) in [6, 6.07) is 1.69. The molecule has 128 valence electrons. The molecule has 0 unspecified atom stereocenters. The molecule has 1 saturated heterocycles. The third-order valence-corrected chi connectivity index (χ3v) is 4.10. The first-order valence-electron chi connectivity index (χ1n) is 7.93. The molecule has 1 fully saturated rings. The van der Waals surface area contributed by atoms with Gasteiger partial charge in [-0.25, -0.2) is 9.78 Å². The lowest BCUT2D eigenvalue weighted by Gasteiger charge is -2.30. The Morgan fingerprint density at radius 1 is 1.38 bits per heavy atom. The van der Waals surface area contributed by atoms with Crippen molar-refractivity contribution in [2.24, 2.45) is 0 Å². The molecule has 3 rings (SSSR count). The van der Waals surface area contributed by atoms with Gasteiger partial charge in [-0.05, 0) is 38.3 Å². The number of hydrogen-bond donors (Lipinski definition) is 1. The van der Waals surface area contributed by atoms with E-state index in [1.807, 2.05) is 13.0 Å². The Labute approximate surface area is 140 Å². The van der Waals surface area contributed by atoms with Gasteiger partial charge in [0.05, 0.1) is 7.11 Å². The first-order valence-corrected chi connectivity index (χ1v) is 7.93. The van der Waals surface area contributed by atoms with E-state index in [2.05, 4.69) is 20.4 Å². The molecule has 24 heavy (non-hydrogen) atoms. The first kappa shape index (κ1) is 16.2. The second-order valence-electron chi connectivity index (χ2n) is 5.94. The molecule has 1 N–H and O–H groups in total.